The van der Waals surface area contributed by atoms with E-state index in [9.17, 15) is 5.26 Å². The Bertz CT molecular complexity index is 783. The van der Waals surface area contributed by atoms with Crippen LogP contribution in [0.1, 0.15) is 11.1 Å². The Hall–Kier alpha value is -2.64. The van der Waals surface area contributed by atoms with E-state index in [0.29, 0.717) is 5.56 Å². The van der Waals surface area contributed by atoms with E-state index in [1.165, 1.54) is 0 Å². The fourth-order valence-electron chi connectivity index (χ4n) is 2.13. The van der Waals surface area contributed by atoms with Gasteiger partial charge in [-0.15, -0.1) is 0 Å². The summed E-state index contributed by atoms with van der Waals surface area (Å²) in [5.74, 6) is 0. The number of para-hydroxylation sites is 2. The van der Waals surface area contributed by atoms with Crippen molar-refractivity contribution in [3.63, 3.8) is 0 Å². The molecule has 2 aromatic carbocycles. The lowest BCUT2D eigenvalue weighted by Crippen LogP contribution is -1.97. The molecule has 1 aromatic heterocycles. The molecule has 0 aliphatic carbocycles. The molecule has 92 valence electrons. The van der Waals surface area contributed by atoms with E-state index >= 15 is 0 Å². The van der Waals surface area contributed by atoms with Gasteiger partial charge in [-0.05, 0) is 29.8 Å². The van der Waals surface area contributed by atoms with E-state index in [4.69, 9.17) is 5.11 Å². The van der Waals surface area contributed by atoms with Gasteiger partial charge in [0.2, 0.25) is 0 Å². The highest BCUT2D eigenvalue weighted by atomic mass is 16.3. The van der Waals surface area contributed by atoms with Crippen LogP contribution in [-0.4, -0.2) is 14.7 Å². The molecule has 0 radical (unpaired) electrons. The molecule has 0 aliphatic heterocycles. The topological polar surface area (TPSA) is 61.8 Å². The number of fused-ring (bicyclic) bond motifs is 1. The van der Waals surface area contributed by atoms with Gasteiger partial charge < -0.3 is 5.11 Å². The van der Waals surface area contributed by atoms with E-state index in [-0.39, 0.29) is 6.61 Å². The second-order valence-electron chi connectivity index (χ2n) is 4.22. The van der Waals surface area contributed by atoms with Crippen LogP contribution < -0.4 is 0 Å². The Labute approximate surface area is 110 Å². The van der Waals surface area contributed by atoms with Crippen molar-refractivity contribution in [1.29, 1.82) is 5.26 Å². The molecule has 0 saturated heterocycles. The molecule has 1 heterocycles. The zero-order chi connectivity index (χ0) is 13.2. The number of aromatic nitrogens is 2. The van der Waals surface area contributed by atoms with Crippen molar-refractivity contribution in [1.82, 2.24) is 9.55 Å². The maximum atomic E-state index is 9.24. The second-order valence-corrected chi connectivity index (χ2v) is 4.22. The van der Waals surface area contributed by atoms with Crippen LogP contribution in [0.15, 0.2) is 48.8 Å². The second kappa shape index (κ2) is 4.56. The largest absolute Gasteiger partial charge is 0.392 e. The average Bonchev–Trinajstić information content (AvgIpc) is 2.90. The minimum Gasteiger partial charge on any atom is -0.392 e. The Morgan fingerprint density at radius 1 is 1.21 bits per heavy atom. The highest BCUT2D eigenvalue weighted by Gasteiger charge is 2.09. The number of hydrogen-bond donors (Lipinski definition) is 1. The zero-order valence-electron chi connectivity index (χ0n) is 10.1. The first kappa shape index (κ1) is 11.5. The van der Waals surface area contributed by atoms with Crippen molar-refractivity contribution < 1.29 is 5.11 Å². The van der Waals surface area contributed by atoms with E-state index < -0.39 is 0 Å². The number of imidazole rings is 1. The lowest BCUT2D eigenvalue weighted by Gasteiger charge is -2.07. The van der Waals surface area contributed by atoms with E-state index in [1.807, 2.05) is 41.0 Å². The van der Waals surface area contributed by atoms with Gasteiger partial charge in [-0.2, -0.15) is 5.26 Å². The number of aliphatic hydroxyl groups excluding tert-OH is 1. The predicted octanol–water partition coefficient (Wildman–Crippen LogP) is 2.39. The van der Waals surface area contributed by atoms with E-state index in [0.717, 1.165) is 22.3 Å². The molecule has 1 N–H and O–H groups in total. The minimum absolute atomic E-state index is 0.0698. The van der Waals surface area contributed by atoms with Crippen LogP contribution in [0.4, 0.5) is 0 Å². The maximum Gasteiger partial charge on any atom is 0.101 e. The molecule has 0 amide bonds. The van der Waals surface area contributed by atoms with Gasteiger partial charge in [0, 0.05) is 0 Å². The minimum atomic E-state index is -0.0698. The Morgan fingerprint density at radius 2 is 2.05 bits per heavy atom. The van der Waals surface area contributed by atoms with Crippen LogP contribution >= 0.6 is 0 Å². The Morgan fingerprint density at radius 3 is 2.84 bits per heavy atom. The number of benzene rings is 2. The summed E-state index contributed by atoms with van der Waals surface area (Å²) in [4.78, 5) is 4.32. The summed E-state index contributed by atoms with van der Waals surface area (Å²) in [6.45, 7) is -0.0698. The van der Waals surface area contributed by atoms with Crippen molar-refractivity contribution in [2.45, 2.75) is 6.61 Å². The standard InChI is InChI=1S/C15H11N3O/c16-8-12-7-11(9-19)5-6-14(12)18-10-17-13-3-1-2-4-15(13)18/h1-7,10,19H,9H2. The molecule has 0 spiro atoms. The average molecular weight is 249 g/mol. The summed E-state index contributed by atoms with van der Waals surface area (Å²) in [5.41, 5.74) is 3.86. The summed E-state index contributed by atoms with van der Waals surface area (Å²) in [7, 11) is 0. The summed E-state index contributed by atoms with van der Waals surface area (Å²) < 4.78 is 1.88. The summed E-state index contributed by atoms with van der Waals surface area (Å²) in [6.07, 6.45) is 1.71. The normalized spacial score (nSPS) is 10.5. The molecule has 4 nitrogen and oxygen atoms in total. The Balaban J connectivity index is 2.25. The number of nitrogens with zero attached hydrogens (tertiary/aromatic N) is 3. The van der Waals surface area contributed by atoms with Gasteiger partial charge in [0.25, 0.3) is 0 Å². The highest BCUT2D eigenvalue weighted by Crippen LogP contribution is 2.21. The first-order chi connectivity index (χ1) is 9.33. The molecule has 0 atom stereocenters. The van der Waals surface area contributed by atoms with E-state index in [2.05, 4.69) is 11.1 Å². The van der Waals surface area contributed by atoms with Crippen LogP contribution in [-0.2, 0) is 6.61 Å². The SMILES string of the molecule is N#Cc1cc(CO)ccc1-n1cnc2ccccc21. The third-order valence-electron chi connectivity index (χ3n) is 3.08. The number of rotatable bonds is 2. The number of hydrogen-bond acceptors (Lipinski definition) is 3. The van der Waals surface area contributed by atoms with Crippen molar-refractivity contribution in [2.75, 3.05) is 0 Å². The third kappa shape index (κ3) is 1.86. The van der Waals surface area contributed by atoms with Gasteiger partial charge in [0.05, 0.1) is 28.9 Å². The van der Waals surface area contributed by atoms with Crippen molar-refractivity contribution in [3.05, 3.63) is 59.9 Å². The van der Waals surface area contributed by atoms with Gasteiger partial charge in [-0.3, -0.25) is 4.57 Å². The van der Waals surface area contributed by atoms with Gasteiger partial charge in [-0.25, -0.2) is 4.98 Å². The van der Waals surface area contributed by atoms with Crippen LogP contribution in [0.25, 0.3) is 16.7 Å². The summed E-state index contributed by atoms with van der Waals surface area (Å²) >= 11 is 0. The van der Waals surface area contributed by atoms with E-state index in [1.54, 1.807) is 12.4 Å². The van der Waals surface area contributed by atoms with Crippen LogP contribution in [0.3, 0.4) is 0 Å². The number of nitriles is 1. The fourth-order valence-corrected chi connectivity index (χ4v) is 2.13. The van der Waals surface area contributed by atoms with Crippen LogP contribution in [0, 0.1) is 11.3 Å². The van der Waals surface area contributed by atoms with Gasteiger partial charge >= 0.3 is 0 Å². The van der Waals surface area contributed by atoms with Gasteiger partial charge in [0.15, 0.2) is 0 Å². The third-order valence-corrected chi connectivity index (χ3v) is 3.08. The smallest absolute Gasteiger partial charge is 0.101 e. The first-order valence-electron chi connectivity index (χ1n) is 5.90. The molecule has 0 aliphatic rings. The molecular weight excluding hydrogens is 238 g/mol. The first-order valence-corrected chi connectivity index (χ1v) is 5.90. The van der Waals surface area contributed by atoms with Crippen molar-refractivity contribution in [2.24, 2.45) is 0 Å². The lowest BCUT2D eigenvalue weighted by atomic mass is 10.1. The van der Waals surface area contributed by atoms with Crippen molar-refractivity contribution in [3.8, 4) is 11.8 Å². The molecular formula is C15H11N3O. The molecule has 0 unspecified atom stereocenters. The Kier molecular flexibility index (Phi) is 2.75. The molecule has 3 aromatic rings. The lowest BCUT2D eigenvalue weighted by molar-refractivity contribution is 0.282. The summed E-state index contributed by atoms with van der Waals surface area (Å²) in [6, 6.07) is 15.3. The molecule has 0 bridgehead atoms. The van der Waals surface area contributed by atoms with Gasteiger partial charge in [0.1, 0.15) is 12.4 Å². The highest BCUT2D eigenvalue weighted by molar-refractivity contribution is 5.77. The molecule has 3 rings (SSSR count). The number of aliphatic hydroxyl groups is 1. The summed E-state index contributed by atoms with van der Waals surface area (Å²) in [5, 5.41) is 18.4. The molecule has 19 heavy (non-hydrogen) atoms. The van der Waals surface area contributed by atoms with Gasteiger partial charge in [-0.1, -0.05) is 18.2 Å². The van der Waals surface area contributed by atoms with Crippen molar-refractivity contribution >= 4 is 11.0 Å². The van der Waals surface area contributed by atoms with Crippen LogP contribution in [0.5, 0.6) is 0 Å². The van der Waals surface area contributed by atoms with Crippen LogP contribution in [0.2, 0.25) is 0 Å². The maximum absolute atomic E-state index is 9.24. The molecule has 0 fully saturated rings. The predicted molar refractivity (Wildman–Crippen MR) is 71.7 cm³/mol. The monoisotopic (exact) mass is 249 g/mol. The molecule has 4 heteroatoms. The zero-order valence-corrected chi connectivity index (χ0v) is 10.1. The molecule has 0 saturated carbocycles. The fraction of sp³-hybridized carbons (Fsp3) is 0.0667. The quantitative estimate of drug-likeness (QED) is 0.758.